The first-order valence-electron chi connectivity index (χ1n) is 13.4. The van der Waals surface area contributed by atoms with Gasteiger partial charge in [-0.25, -0.2) is 4.79 Å². The molecule has 1 atom stereocenters. The summed E-state index contributed by atoms with van der Waals surface area (Å²) in [4.78, 5) is 17.9. The van der Waals surface area contributed by atoms with Crippen LogP contribution in [-0.2, 0) is 26.3 Å². The average molecular weight is 612 g/mol. The Morgan fingerprint density at radius 2 is 1.93 bits per heavy atom. The van der Waals surface area contributed by atoms with E-state index in [1.54, 1.807) is 30.3 Å². The number of imidazole rings is 1. The summed E-state index contributed by atoms with van der Waals surface area (Å²) in [5.41, 5.74) is 0.692. The van der Waals surface area contributed by atoms with E-state index in [-0.39, 0.29) is 46.9 Å². The van der Waals surface area contributed by atoms with Crippen LogP contribution in [0.2, 0.25) is 0 Å². The third-order valence-corrected chi connectivity index (χ3v) is 7.73. The van der Waals surface area contributed by atoms with E-state index in [4.69, 9.17) is 4.74 Å². The molecule has 15 heteroatoms. The van der Waals surface area contributed by atoms with E-state index in [1.807, 2.05) is 6.07 Å². The van der Waals surface area contributed by atoms with Crippen LogP contribution in [0.3, 0.4) is 0 Å². The highest BCUT2D eigenvalue weighted by atomic mass is 32.2. The van der Waals surface area contributed by atoms with Crippen LogP contribution in [0.1, 0.15) is 45.0 Å². The quantitative estimate of drug-likeness (QED) is 0.123. The van der Waals surface area contributed by atoms with Crippen molar-refractivity contribution in [1.29, 1.82) is 10.5 Å². The molecule has 230 valence electrons. The normalized spacial score (nSPS) is 12.1. The first kappa shape index (κ1) is 34.6. The van der Waals surface area contributed by atoms with E-state index in [0.717, 1.165) is 27.4 Å². The van der Waals surface area contributed by atoms with Crippen molar-refractivity contribution in [3.8, 4) is 12.1 Å². The van der Waals surface area contributed by atoms with Gasteiger partial charge in [0.1, 0.15) is 30.5 Å². The van der Waals surface area contributed by atoms with Gasteiger partial charge >= 0.3 is 16.2 Å². The van der Waals surface area contributed by atoms with Gasteiger partial charge in [-0.1, -0.05) is 26.5 Å². The zero-order valence-electron chi connectivity index (χ0n) is 25.0. The third kappa shape index (κ3) is 8.96. The standard InChI is InChI=1S/C28H37N9O5S/c1-8-13-36(20(9-2)10-3)21-11-12-23(24(14-21)34-43(40,41)35(6)7)32-33-28-31-25(15-29)26(16-30)37(28)17-22(38)18-42-27(39)19(4)5/h8,11-12,14,20,22,34,38H,1,4,9-10,13,17-18H2,2-3,5-7H3. The number of rotatable bonds is 16. The highest BCUT2D eigenvalue weighted by molar-refractivity contribution is 7.90. The Labute approximate surface area is 252 Å². The Bertz CT molecular complexity index is 1550. The highest BCUT2D eigenvalue weighted by Gasteiger charge is 2.22. The maximum atomic E-state index is 12.8. The van der Waals surface area contributed by atoms with E-state index < -0.39 is 28.9 Å². The number of hydrogen-bond donors (Lipinski definition) is 2. The number of anilines is 2. The first-order chi connectivity index (χ1) is 20.3. The summed E-state index contributed by atoms with van der Waals surface area (Å²) in [6.07, 6.45) is 2.19. The molecule has 1 aromatic heterocycles. The van der Waals surface area contributed by atoms with Crippen LogP contribution in [0.15, 0.2) is 53.2 Å². The molecule has 0 aliphatic heterocycles. The molecule has 1 unspecified atom stereocenters. The average Bonchev–Trinajstić information content (AvgIpc) is 3.30. The molecule has 14 nitrogen and oxygen atoms in total. The van der Waals surface area contributed by atoms with Crippen molar-refractivity contribution in [1.82, 2.24) is 13.9 Å². The van der Waals surface area contributed by atoms with Gasteiger partial charge < -0.3 is 14.7 Å². The molecule has 0 bridgehead atoms. The number of hydrogen-bond acceptors (Lipinski definition) is 11. The van der Waals surface area contributed by atoms with Gasteiger partial charge in [0.15, 0.2) is 11.4 Å². The molecule has 1 heterocycles. The second-order valence-electron chi connectivity index (χ2n) is 9.68. The Hall–Kier alpha value is -4.57. The molecular weight excluding hydrogens is 574 g/mol. The molecule has 0 radical (unpaired) electrons. The van der Waals surface area contributed by atoms with Gasteiger partial charge in [-0.2, -0.15) is 28.2 Å². The second-order valence-corrected chi connectivity index (χ2v) is 11.6. The van der Waals surface area contributed by atoms with Crippen molar-refractivity contribution in [3.05, 3.63) is 54.4 Å². The second kappa shape index (κ2) is 15.6. The summed E-state index contributed by atoms with van der Waals surface area (Å²) in [5, 5.41) is 37.9. The summed E-state index contributed by atoms with van der Waals surface area (Å²) in [7, 11) is -1.18. The van der Waals surface area contributed by atoms with Crippen molar-refractivity contribution >= 4 is 39.2 Å². The van der Waals surface area contributed by atoms with Gasteiger partial charge in [0.05, 0.1) is 12.2 Å². The molecule has 43 heavy (non-hydrogen) atoms. The predicted octanol–water partition coefficient (Wildman–Crippen LogP) is 3.92. The van der Waals surface area contributed by atoms with Gasteiger partial charge in [0.25, 0.3) is 5.95 Å². The lowest BCUT2D eigenvalue weighted by atomic mass is 10.1. The number of carbonyl (C=O) groups is 1. The van der Waals surface area contributed by atoms with Crippen molar-refractivity contribution in [3.63, 3.8) is 0 Å². The Morgan fingerprint density at radius 1 is 1.26 bits per heavy atom. The van der Waals surface area contributed by atoms with Crippen LogP contribution < -0.4 is 9.62 Å². The van der Waals surface area contributed by atoms with Crippen molar-refractivity contribution in [2.24, 2.45) is 10.2 Å². The number of carbonyl (C=O) groups excluding carboxylic acids is 1. The molecule has 2 aromatic rings. The maximum absolute atomic E-state index is 12.8. The Morgan fingerprint density at radius 3 is 2.47 bits per heavy atom. The number of ether oxygens (including phenoxy) is 1. The number of benzene rings is 1. The van der Waals surface area contributed by atoms with Crippen molar-refractivity contribution in [2.45, 2.75) is 52.3 Å². The fourth-order valence-corrected chi connectivity index (χ4v) is 4.60. The lowest BCUT2D eigenvalue weighted by Gasteiger charge is -2.32. The minimum absolute atomic E-state index is 0.125. The summed E-state index contributed by atoms with van der Waals surface area (Å²) >= 11 is 0. The summed E-state index contributed by atoms with van der Waals surface area (Å²) < 4.78 is 35.2. The molecule has 2 rings (SSSR count). The molecule has 0 spiro atoms. The van der Waals surface area contributed by atoms with Crippen LogP contribution >= 0.6 is 0 Å². The number of esters is 1. The number of aliphatic hydroxyl groups excluding tert-OH is 1. The number of nitriles is 2. The number of aliphatic hydroxyl groups is 1. The smallest absolute Gasteiger partial charge is 0.333 e. The summed E-state index contributed by atoms with van der Waals surface area (Å²) in [5.74, 6) is -0.899. The molecule has 1 aromatic carbocycles. The van der Waals surface area contributed by atoms with Crippen LogP contribution in [-0.4, -0.2) is 72.7 Å². The molecule has 0 fully saturated rings. The van der Waals surface area contributed by atoms with Crippen LogP contribution in [0.5, 0.6) is 0 Å². The van der Waals surface area contributed by atoms with Gasteiger partial charge in [0.2, 0.25) is 0 Å². The Balaban J connectivity index is 2.60. The first-order valence-corrected chi connectivity index (χ1v) is 14.8. The molecule has 0 aliphatic rings. The molecule has 0 saturated carbocycles. The molecular formula is C28H37N9O5S. The molecule has 2 N–H and O–H groups in total. The fraction of sp³-hybridized carbons (Fsp3) is 0.429. The van der Waals surface area contributed by atoms with E-state index in [0.29, 0.717) is 6.54 Å². The predicted molar refractivity (Wildman–Crippen MR) is 162 cm³/mol. The van der Waals surface area contributed by atoms with E-state index in [2.05, 4.69) is 51.8 Å². The number of aromatic nitrogens is 2. The van der Waals surface area contributed by atoms with Gasteiger partial charge in [-0.15, -0.1) is 16.8 Å². The number of nitrogens with one attached hydrogen (secondary N) is 1. The zero-order chi connectivity index (χ0) is 32.3. The van der Waals surface area contributed by atoms with E-state index in [9.17, 15) is 28.8 Å². The third-order valence-electron chi connectivity index (χ3n) is 6.30. The monoisotopic (exact) mass is 611 g/mol. The van der Waals surface area contributed by atoms with E-state index >= 15 is 0 Å². The van der Waals surface area contributed by atoms with Crippen LogP contribution in [0, 0.1) is 22.7 Å². The molecule has 0 amide bonds. The topological polar surface area (TPSA) is 189 Å². The van der Waals surface area contributed by atoms with E-state index in [1.165, 1.54) is 21.0 Å². The highest BCUT2D eigenvalue weighted by Crippen LogP contribution is 2.34. The van der Waals surface area contributed by atoms with Crippen LogP contribution in [0.4, 0.5) is 23.0 Å². The van der Waals surface area contributed by atoms with Gasteiger partial charge in [-0.3, -0.25) is 9.29 Å². The number of azo groups is 1. The SMILES string of the molecule is C=CCN(c1ccc(N=Nc2nc(C#N)c(C#N)n2CC(O)COC(=O)C(=C)C)c(NS(=O)(=O)N(C)C)c1)C(CC)CC. The van der Waals surface area contributed by atoms with Gasteiger partial charge in [0, 0.05) is 37.9 Å². The zero-order valence-corrected chi connectivity index (χ0v) is 25.8. The van der Waals surface area contributed by atoms with Crippen LogP contribution in [0.25, 0.3) is 0 Å². The largest absolute Gasteiger partial charge is 0.460 e. The lowest BCUT2D eigenvalue weighted by molar-refractivity contribution is -0.142. The van der Waals surface area contributed by atoms with Gasteiger partial charge in [-0.05, 0) is 38.0 Å². The maximum Gasteiger partial charge on any atom is 0.333 e. The fourth-order valence-electron chi connectivity index (χ4n) is 3.97. The minimum atomic E-state index is -3.94. The molecule has 0 aliphatic carbocycles. The summed E-state index contributed by atoms with van der Waals surface area (Å²) in [6, 6.07) is 8.84. The molecule has 0 saturated heterocycles. The minimum Gasteiger partial charge on any atom is -0.460 e. The van der Waals surface area contributed by atoms with Crippen molar-refractivity contribution in [2.75, 3.05) is 36.9 Å². The number of nitrogens with zero attached hydrogens (tertiary/aromatic N) is 8. The lowest BCUT2D eigenvalue weighted by Crippen LogP contribution is -2.34. The Kier molecular flexibility index (Phi) is 12.6. The van der Waals surface area contributed by atoms with Crippen molar-refractivity contribution < 1.29 is 23.1 Å². The summed E-state index contributed by atoms with van der Waals surface area (Å²) in [6.45, 7) is 12.7.